The maximum absolute atomic E-state index is 10.3. The molecule has 3 N–H and O–H groups in total. The number of aromatic hydroxyl groups is 1. The monoisotopic (exact) mass is 341 g/mol. The maximum atomic E-state index is 10.3. The highest BCUT2D eigenvalue weighted by Gasteiger charge is 2.25. The molecule has 2 atom stereocenters. The van der Waals surface area contributed by atoms with Crippen molar-refractivity contribution in [2.24, 2.45) is 5.92 Å². The highest BCUT2D eigenvalue weighted by atomic mass is 16.3. The van der Waals surface area contributed by atoms with Crippen LogP contribution in [-0.4, -0.2) is 46.0 Å². The Kier molecular flexibility index (Phi) is 6.08. The number of benzene rings is 2. The molecule has 0 aliphatic carbocycles. The molecule has 2 aromatic rings. The topological polar surface area (TPSA) is 63.9 Å². The average molecular weight is 341 g/mol. The molecular weight excluding hydrogens is 314 g/mol. The molecule has 0 unspecified atom stereocenters. The first-order valence-corrected chi connectivity index (χ1v) is 9.03. The minimum atomic E-state index is -0.928. The van der Waals surface area contributed by atoms with Gasteiger partial charge in [-0.1, -0.05) is 42.5 Å². The third-order valence-electron chi connectivity index (χ3n) is 5.12. The van der Waals surface area contributed by atoms with E-state index in [9.17, 15) is 15.3 Å². The normalized spacial score (nSPS) is 18.8. The van der Waals surface area contributed by atoms with E-state index in [0.29, 0.717) is 18.0 Å². The van der Waals surface area contributed by atoms with E-state index in [1.165, 1.54) is 17.7 Å². The first kappa shape index (κ1) is 17.9. The van der Waals surface area contributed by atoms with Gasteiger partial charge in [0.1, 0.15) is 11.9 Å². The van der Waals surface area contributed by atoms with Crippen LogP contribution in [0.2, 0.25) is 0 Å². The molecule has 0 radical (unpaired) electrons. The van der Waals surface area contributed by atoms with Crippen LogP contribution in [0.1, 0.15) is 30.1 Å². The maximum Gasteiger partial charge on any atom is 0.115 e. The molecule has 1 aliphatic rings. The van der Waals surface area contributed by atoms with Crippen LogP contribution in [0, 0.1) is 5.92 Å². The van der Waals surface area contributed by atoms with E-state index in [4.69, 9.17) is 0 Å². The lowest BCUT2D eigenvalue weighted by molar-refractivity contribution is -0.00934. The van der Waals surface area contributed by atoms with Gasteiger partial charge >= 0.3 is 0 Å². The Hall–Kier alpha value is -1.88. The van der Waals surface area contributed by atoms with E-state index >= 15 is 0 Å². The van der Waals surface area contributed by atoms with Crippen molar-refractivity contribution < 1.29 is 15.3 Å². The van der Waals surface area contributed by atoms with Gasteiger partial charge in [-0.3, -0.25) is 0 Å². The lowest BCUT2D eigenvalue weighted by Gasteiger charge is -2.34. The van der Waals surface area contributed by atoms with Gasteiger partial charge in [-0.15, -0.1) is 0 Å². The molecule has 0 aromatic heterocycles. The van der Waals surface area contributed by atoms with Crippen molar-refractivity contribution in [1.82, 2.24) is 4.90 Å². The number of nitrogens with zero attached hydrogens (tertiary/aromatic N) is 1. The minimum absolute atomic E-state index is 0.158. The van der Waals surface area contributed by atoms with Crippen molar-refractivity contribution >= 4 is 0 Å². The zero-order chi connectivity index (χ0) is 17.6. The molecule has 134 valence electrons. The van der Waals surface area contributed by atoms with Gasteiger partial charge in [-0.05, 0) is 61.5 Å². The van der Waals surface area contributed by atoms with E-state index in [0.717, 1.165) is 32.4 Å². The quantitative estimate of drug-likeness (QED) is 0.756. The molecule has 0 spiro atoms. The zero-order valence-corrected chi connectivity index (χ0v) is 14.5. The summed E-state index contributed by atoms with van der Waals surface area (Å²) in [6, 6.07) is 16.9. The Morgan fingerprint density at radius 1 is 0.920 bits per heavy atom. The average Bonchev–Trinajstić information content (AvgIpc) is 2.64. The largest absolute Gasteiger partial charge is 0.508 e. The number of β-amino-alcohol motifs (C(OH)–C–C–N with tert-alkyl or cyclic N) is 1. The van der Waals surface area contributed by atoms with Crippen LogP contribution >= 0.6 is 0 Å². The van der Waals surface area contributed by atoms with Gasteiger partial charge in [-0.25, -0.2) is 0 Å². The molecule has 0 saturated carbocycles. The van der Waals surface area contributed by atoms with Crippen LogP contribution in [0.4, 0.5) is 0 Å². The lowest BCUT2D eigenvalue weighted by atomic mass is 9.90. The highest BCUT2D eigenvalue weighted by molar-refractivity contribution is 5.27. The summed E-state index contributed by atoms with van der Waals surface area (Å²) < 4.78 is 0. The summed E-state index contributed by atoms with van der Waals surface area (Å²) in [5.74, 6) is 0.851. The Labute approximate surface area is 149 Å². The van der Waals surface area contributed by atoms with Crippen LogP contribution < -0.4 is 0 Å². The minimum Gasteiger partial charge on any atom is -0.508 e. The van der Waals surface area contributed by atoms with Crippen LogP contribution in [0.3, 0.4) is 0 Å². The van der Waals surface area contributed by atoms with Crippen molar-refractivity contribution in [3.8, 4) is 5.75 Å². The van der Waals surface area contributed by atoms with E-state index in [-0.39, 0.29) is 5.75 Å². The summed E-state index contributed by atoms with van der Waals surface area (Å²) >= 11 is 0. The Morgan fingerprint density at radius 2 is 1.56 bits per heavy atom. The third kappa shape index (κ3) is 5.05. The Morgan fingerprint density at radius 3 is 2.20 bits per heavy atom. The van der Waals surface area contributed by atoms with E-state index in [2.05, 4.69) is 29.2 Å². The van der Waals surface area contributed by atoms with Crippen LogP contribution in [0.5, 0.6) is 5.75 Å². The number of hydrogen-bond donors (Lipinski definition) is 3. The van der Waals surface area contributed by atoms with Crippen molar-refractivity contribution in [1.29, 1.82) is 0 Å². The molecular formula is C21H27NO3. The molecule has 1 aliphatic heterocycles. The van der Waals surface area contributed by atoms with Crippen molar-refractivity contribution in [3.63, 3.8) is 0 Å². The number of piperidine rings is 1. The van der Waals surface area contributed by atoms with Crippen LogP contribution in [-0.2, 0) is 6.42 Å². The summed E-state index contributed by atoms with van der Waals surface area (Å²) in [4.78, 5) is 2.23. The molecule has 4 nitrogen and oxygen atoms in total. The number of rotatable bonds is 6. The van der Waals surface area contributed by atoms with Crippen molar-refractivity contribution in [2.75, 3.05) is 19.6 Å². The van der Waals surface area contributed by atoms with Gasteiger partial charge < -0.3 is 20.2 Å². The summed E-state index contributed by atoms with van der Waals surface area (Å²) in [5, 5.41) is 30.0. The molecule has 1 saturated heterocycles. The van der Waals surface area contributed by atoms with Crippen LogP contribution in [0.15, 0.2) is 54.6 Å². The molecule has 1 heterocycles. The predicted molar refractivity (Wildman–Crippen MR) is 98.4 cm³/mol. The lowest BCUT2D eigenvalue weighted by Crippen LogP contribution is -2.41. The second-order valence-corrected chi connectivity index (χ2v) is 7.04. The molecule has 25 heavy (non-hydrogen) atoms. The molecule has 2 aromatic carbocycles. The molecule has 0 amide bonds. The zero-order valence-electron chi connectivity index (χ0n) is 14.5. The fourth-order valence-electron chi connectivity index (χ4n) is 3.58. The van der Waals surface area contributed by atoms with Gasteiger partial charge in [0.15, 0.2) is 0 Å². The predicted octanol–water partition coefficient (Wildman–Crippen LogP) is 2.74. The number of likely N-dealkylation sites (tertiary alicyclic amines) is 1. The smallest absolute Gasteiger partial charge is 0.115 e. The Balaban J connectivity index is 1.46. The summed E-state index contributed by atoms with van der Waals surface area (Å²) in [5.41, 5.74) is 2.02. The van der Waals surface area contributed by atoms with Crippen molar-refractivity contribution in [3.05, 3.63) is 65.7 Å². The first-order chi connectivity index (χ1) is 12.1. The molecule has 0 bridgehead atoms. The second-order valence-electron chi connectivity index (χ2n) is 7.04. The number of aliphatic hydroxyl groups excluding tert-OH is 2. The summed E-state index contributed by atoms with van der Waals surface area (Å²) in [7, 11) is 0. The molecule has 4 heteroatoms. The van der Waals surface area contributed by atoms with E-state index in [1.807, 2.05) is 6.07 Å². The second kappa shape index (κ2) is 8.48. The fourth-order valence-corrected chi connectivity index (χ4v) is 3.58. The fraction of sp³-hybridized carbons (Fsp3) is 0.429. The molecule has 1 fully saturated rings. The Bertz CT molecular complexity index is 636. The first-order valence-electron chi connectivity index (χ1n) is 9.03. The van der Waals surface area contributed by atoms with Gasteiger partial charge in [0.25, 0.3) is 0 Å². The standard InChI is InChI=1S/C21H27NO3/c23-19-8-6-18(7-9-19)21(25)20(24)15-22-12-10-17(11-13-22)14-16-4-2-1-3-5-16/h1-9,17,20-21,23-25H,10-15H2/t20-,21-/m0/s1. The number of phenolic OH excluding ortho intramolecular Hbond substituents is 1. The number of phenols is 1. The van der Waals surface area contributed by atoms with Gasteiger partial charge in [0.05, 0.1) is 6.10 Å². The van der Waals surface area contributed by atoms with Gasteiger partial charge in [0.2, 0.25) is 0 Å². The highest BCUT2D eigenvalue weighted by Crippen LogP contribution is 2.24. The van der Waals surface area contributed by atoms with Gasteiger partial charge in [-0.2, -0.15) is 0 Å². The molecule has 3 rings (SSSR count). The van der Waals surface area contributed by atoms with Gasteiger partial charge in [0, 0.05) is 6.54 Å². The number of aliphatic hydroxyl groups is 2. The third-order valence-corrected chi connectivity index (χ3v) is 5.12. The van der Waals surface area contributed by atoms with Crippen molar-refractivity contribution in [2.45, 2.75) is 31.5 Å². The SMILES string of the molecule is Oc1ccc([C@H](O)[C@@H](O)CN2CCC(Cc3ccccc3)CC2)cc1. The summed E-state index contributed by atoms with van der Waals surface area (Å²) in [6.07, 6.45) is 1.61. The summed E-state index contributed by atoms with van der Waals surface area (Å²) in [6.45, 7) is 2.38. The number of hydrogen-bond acceptors (Lipinski definition) is 4. The van der Waals surface area contributed by atoms with E-state index in [1.54, 1.807) is 12.1 Å². The van der Waals surface area contributed by atoms with E-state index < -0.39 is 12.2 Å². The van der Waals surface area contributed by atoms with Crippen LogP contribution in [0.25, 0.3) is 0 Å².